The molecule has 1 atom stereocenters. The summed E-state index contributed by atoms with van der Waals surface area (Å²) in [6.45, 7) is 11.8. The van der Waals surface area contributed by atoms with Crippen molar-refractivity contribution in [3.8, 4) is 0 Å². The molecule has 7 nitrogen and oxygen atoms in total. The lowest BCUT2D eigenvalue weighted by Crippen LogP contribution is -2.45. The number of aldehydes is 1. The Morgan fingerprint density at radius 2 is 1.71 bits per heavy atom. The van der Waals surface area contributed by atoms with E-state index in [0.717, 1.165) is 6.29 Å². The van der Waals surface area contributed by atoms with Gasteiger partial charge in [-0.3, -0.25) is 9.59 Å². The lowest BCUT2D eigenvalue weighted by atomic mass is 9.99. The number of carbonyl (C=O) groups is 4. The van der Waals surface area contributed by atoms with Crippen molar-refractivity contribution in [1.82, 2.24) is 10.2 Å². The van der Waals surface area contributed by atoms with Crippen LogP contribution < -0.4 is 5.32 Å². The van der Waals surface area contributed by atoms with E-state index in [2.05, 4.69) is 5.32 Å². The van der Waals surface area contributed by atoms with Crippen molar-refractivity contribution < 1.29 is 23.9 Å². The van der Waals surface area contributed by atoms with Crippen molar-refractivity contribution in [2.75, 3.05) is 20.2 Å². The van der Waals surface area contributed by atoms with Crippen LogP contribution in [0.15, 0.2) is 0 Å². The summed E-state index contributed by atoms with van der Waals surface area (Å²) >= 11 is 0. The normalized spacial score (nSPS) is 13.0. The Morgan fingerprint density at radius 1 is 1.11 bits per heavy atom. The number of rotatable bonds is 14. The zero-order chi connectivity index (χ0) is 22.0. The molecule has 0 aliphatic carbocycles. The summed E-state index contributed by atoms with van der Waals surface area (Å²) < 4.78 is 5.89. The summed E-state index contributed by atoms with van der Waals surface area (Å²) in [5.41, 5.74) is -0.824. The molecule has 1 N–H and O–H groups in total. The van der Waals surface area contributed by atoms with Gasteiger partial charge in [-0.15, -0.1) is 0 Å². The summed E-state index contributed by atoms with van der Waals surface area (Å²) in [6.07, 6.45) is 2.90. The molecule has 0 aliphatic rings. The van der Waals surface area contributed by atoms with Gasteiger partial charge in [-0.05, 0) is 47.5 Å². The summed E-state index contributed by atoms with van der Waals surface area (Å²) in [6, 6.07) is 0. The average Bonchev–Trinajstić information content (AvgIpc) is 2.56. The van der Waals surface area contributed by atoms with Crippen LogP contribution in [-0.2, 0) is 23.9 Å². The molecule has 0 aliphatic heterocycles. The van der Waals surface area contributed by atoms with E-state index in [9.17, 15) is 19.2 Å². The van der Waals surface area contributed by atoms with Gasteiger partial charge < -0.3 is 24.5 Å². The van der Waals surface area contributed by atoms with Gasteiger partial charge in [0.15, 0.2) is 0 Å². The summed E-state index contributed by atoms with van der Waals surface area (Å²) in [5, 5.41) is 2.97. The van der Waals surface area contributed by atoms with Crippen molar-refractivity contribution >= 4 is 23.9 Å². The van der Waals surface area contributed by atoms with Crippen LogP contribution in [0.1, 0.15) is 73.6 Å². The molecular weight excluding hydrogens is 360 g/mol. The van der Waals surface area contributed by atoms with Gasteiger partial charge in [-0.1, -0.05) is 6.92 Å². The van der Waals surface area contributed by atoms with Gasteiger partial charge in [0.05, 0.1) is 5.60 Å². The second-order valence-corrected chi connectivity index (χ2v) is 8.88. The molecule has 1 unspecified atom stereocenters. The first-order chi connectivity index (χ1) is 12.8. The van der Waals surface area contributed by atoms with Crippen LogP contribution in [0.3, 0.4) is 0 Å². The molecule has 0 rings (SSSR count). The molecule has 2 amide bonds. The third kappa shape index (κ3) is 12.6. The van der Waals surface area contributed by atoms with E-state index >= 15 is 0 Å². The Hall–Kier alpha value is -1.76. The maximum atomic E-state index is 12.2. The van der Waals surface area contributed by atoms with Crippen LogP contribution in [-0.4, -0.2) is 60.1 Å². The third-order valence-corrected chi connectivity index (χ3v) is 4.61. The lowest BCUT2D eigenvalue weighted by Gasteiger charge is -2.30. The second kappa shape index (κ2) is 11.9. The fraction of sp³-hybridized carbons (Fsp3) is 0.810. The Bertz CT molecular complexity index is 543. The number of nitrogens with one attached hydrogen (secondary N) is 1. The zero-order valence-electron chi connectivity index (χ0n) is 18.6. The van der Waals surface area contributed by atoms with Crippen LogP contribution in [0.25, 0.3) is 0 Å². The second-order valence-electron chi connectivity index (χ2n) is 8.88. The number of ether oxygens (including phenoxy) is 1. The molecule has 0 bridgehead atoms. The quantitative estimate of drug-likeness (QED) is 0.454. The van der Waals surface area contributed by atoms with Gasteiger partial charge in [-0.2, -0.15) is 0 Å². The number of amides is 2. The van der Waals surface area contributed by atoms with Crippen molar-refractivity contribution in [3.63, 3.8) is 0 Å². The van der Waals surface area contributed by atoms with E-state index < -0.39 is 5.54 Å². The Kier molecular flexibility index (Phi) is 11.2. The van der Waals surface area contributed by atoms with Gasteiger partial charge in [0.1, 0.15) is 12.1 Å². The predicted molar refractivity (Wildman–Crippen MR) is 109 cm³/mol. The summed E-state index contributed by atoms with van der Waals surface area (Å²) in [5.74, 6) is -0.451. The maximum absolute atomic E-state index is 12.2. The highest BCUT2D eigenvalue weighted by Gasteiger charge is 2.24. The van der Waals surface area contributed by atoms with Gasteiger partial charge in [0.25, 0.3) is 0 Å². The molecule has 0 saturated heterocycles. The van der Waals surface area contributed by atoms with Crippen LogP contribution in [0.5, 0.6) is 0 Å². The predicted octanol–water partition coefficient (Wildman–Crippen LogP) is 2.51. The highest BCUT2D eigenvalue weighted by atomic mass is 16.5. The third-order valence-electron chi connectivity index (χ3n) is 4.61. The van der Waals surface area contributed by atoms with Crippen molar-refractivity contribution in [2.24, 2.45) is 5.92 Å². The first-order valence-corrected chi connectivity index (χ1v) is 9.91. The van der Waals surface area contributed by atoms with Crippen LogP contribution in [0.2, 0.25) is 0 Å². The first kappa shape index (κ1) is 26.2. The molecular formula is C21H38N2O5. The largest absolute Gasteiger partial charge is 0.375 e. The molecule has 0 spiro atoms. The zero-order valence-corrected chi connectivity index (χ0v) is 18.6. The van der Waals surface area contributed by atoms with Crippen molar-refractivity contribution in [2.45, 2.75) is 84.8 Å². The first-order valence-electron chi connectivity index (χ1n) is 9.91. The van der Waals surface area contributed by atoms with Crippen LogP contribution >= 0.6 is 0 Å². The van der Waals surface area contributed by atoms with E-state index in [1.54, 1.807) is 20.9 Å². The van der Waals surface area contributed by atoms with E-state index in [1.807, 2.05) is 27.7 Å². The molecule has 7 heteroatoms. The minimum absolute atomic E-state index is 0.135. The van der Waals surface area contributed by atoms with E-state index in [4.69, 9.17) is 4.74 Å². The summed E-state index contributed by atoms with van der Waals surface area (Å²) in [4.78, 5) is 47.4. The average molecular weight is 399 g/mol. The fourth-order valence-corrected chi connectivity index (χ4v) is 2.51. The van der Waals surface area contributed by atoms with Crippen LogP contribution in [0.4, 0.5) is 0 Å². The number of nitrogens with zero attached hydrogens (tertiary/aromatic N) is 1. The Morgan fingerprint density at radius 3 is 2.25 bits per heavy atom. The lowest BCUT2D eigenvalue weighted by molar-refractivity contribution is -0.133. The highest BCUT2D eigenvalue weighted by molar-refractivity contribution is 5.80. The number of hydrogen-bond donors (Lipinski definition) is 1. The number of carbonyl (C=O) groups excluding carboxylic acids is 4. The minimum atomic E-state index is -0.442. The molecule has 0 saturated carbocycles. The van der Waals surface area contributed by atoms with E-state index in [0.29, 0.717) is 32.4 Å². The van der Waals surface area contributed by atoms with Crippen molar-refractivity contribution in [1.29, 1.82) is 0 Å². The maximum Gasteiger partial charge on any atom is 0.223 e. The monoisotopic (exact) mass is 398 g/mol. The number of hydrogen-bond acceptors (Lipinski definition) is 5. The minimum Gasteiger partial charge on any atom is -0.375 e. The van der Waals surface area contributed by atoms with Gasteiger partial charge >= 0.3 is 0 Å². The van der Waals surface area contributed by atoms with Gasteiger partial charge in [0, 0.05) is 50.9 Å². The Balaban J connectivity index is 4.27. The topological polar surface area (TPSA) is 92.8 Å². The van der Waals surface area contributed by atoms with Gasteiger partial charge in [0.2, 0.25) is 11.8 Å². The summed E-state index contributed by atoms with van der Waals surface area (Å²) in [7, 11) is 1.63. The standard InChI is InChI=1S/C21H38N2O5/c1-16(15-24)14-19(27)23(7)12-9-18(26)22-20(3,4)11-13-28-21(5,6)10-8-17(2)25/h15-16H,8-14H2,1-7H3,(H,22,26). The van der Waals surface area contributed by atoms with Gasteiger partial charge in [-0.25, -0.2) is 0 Å². The fourth-order valence-electron chi connectivity index (χ4n) is 2.51. The molecule has 162 valence electrons. The van der Waals surface area contributed by atoms with Crippen LogP contribution in [0, 0.1) is 5.92 Å². The molecule has 28 heavy (non-hydrogen) atoms. The molecule has 0 aromatic rings. The Labute approximate surface area is 169 Å². The van der Waals surface area contributed by atoms with E-state index in [1.165, 1.54) is 4.90 Å². The smallest absolute Gasteiger partial charge is 0.223 e. The molecule has 0 aromatic carbocycles. The number of ketones is 1. The number of Topliss-reactive ketones (excluding diaryl/α,β-unsaturated/α-hetero) is 1. The molecule has 0 fully saturated rings. The highest BCUT2D eigenvalue weighted by Crippen LogP contribution is 2.19. The van der Waals surface area contributed by atoms with E-state index in [-0.39, 0.29) is 42.0 Å². The molecule has 0 aromatic heterocycles. The molecule has 0 heterocycles. The van der Waals surface area contributed by atoms with Crippen molar-refractivity contribution in [3.05, 3.63) is 0 Å². The molecule has 0 radical (unpaired) electrons. The SMILES string of the molecule is CC(=O)CCC(C)(C)OCCC(C)(C)NC(=O)CCN(C)C(=O)CC(C)C=O.